The molecule has 0 saturated carbocycles. The Morgan fingerprint density at radius 1 is 1.24 bits per heavy atom. The summed E-state index contributed by atoms with van der Waals surface area (Å²) in [6.07, 6.45) is 0. The summed E-state index contributed by atoms with van der Waals surface area (Å²) in [5, 5.41) is 9.11. The van der Waals surface area contributed by atoms with Crippen molar-refractivity contribution < 1.29 is 0 Å². The molecule has 1 aromatic rings. The Labute approximate surface area is 174 Å². The quantitative estimate of drug-likeness (QED) is 0.374. The zero-order valence-electron chi connectivity index (χ0n) is 16.2. The fraction of sp³-hybridized carbons (Fsp3) is 0.722. The zero-order valence-corrected chi connectivity index (χ0v) is 19.4. The monoisotopic (exact) mass is 479 g/mol. The van der Waals surface area contributed by atoms with Crippen LogP contribution in [0.15, 0.2) is 16.4 Å². The van der Waals surface area contributed by atoms with Crippen LogP contribution in [0.25, 0.3) is 0 Å². The Morgan fingerprint density at radius 3 is 2.44 bits per heavy atom. The van der Waals surface area contributed by atoms with Gasteiger partial charge in [-0.05, 0) is 36.9 Å². The van der Waals surface area contributed by atoms with E-state index in [1.165, 1.54) is 10.4 Å². The summed E-state index contributed by atoms with van der Waals surface area (Å²) in [6, 6.07) is 2.71. The molecule has 2 N–H and O–H groups in total. The Bertz CT molecular complexity index is 523. The molecule has 0 bridgehead atoms. The summed E-state index contributed by atoms with van der Waals surface area (Å²) in [5.74, 6) is 1.51. The standard InChI is InChI=1S/C18H33N5S.HI/c1-14(2)16(23-9-7-22(5)8-10-23)12-20-18(19-4)21-13-17-15(3)6-11-24-17;/h6,11,14,16H,7-10,12-13H2,1-5H3,(H2,19,20,21);1H. The Hall–Kier alpha value is -0.380. The molecule has 1 unspecified atom stereocenters. The van der Waals surface area contributed by atoms with Crippen molar-refractivity contribution in [2.75, 3.05) is 46.8 Å². The fourth-order valence-electron chi connectivity index (χ4n) is 3.11. The minimum absolute atomic E-state index is 0. The molecule has 1 atom stereocenters. The third kappa shape index (κ3) is 7.03. The van der Waals surface area contributed by atoms with Gasteiger partial charge in [-0.1, -0.05) is 13.8 Å². The lowest BCUT2D eigenvalue weighted by Gasteiger charge is -2.40. The summed E-state index contributed by atoms with van der Waals surface area (Å²) < 4.78 is 0. The second-order valence-corrected chi connectivity index (χ2v) is 7.98. The highest BCUT2D eigenvalue weighted by atomic mass is 127. The van der Waals surface area contributed by atoms with E-state index in [1.54, 1.807) is 11.3 Å². The van der Waals surface area contributed by atoms with Crippen molar-refractivity contribution >= 4 is 41.3 Å². The molecule has 144 valence electrons. The van der Waals surface area contributed by atoms with Crippen LogP contribution in [0.2, 0.25) is 0 Å². The van der Waals surface area contributed by atoms with Gasteiger partial charge in [0, 0.05) is 50.7 Å². The maximum absolute atomic E-state index is 4.38. The van der Waals surface area contributed by atoms with Gasteiger partial charge in [-0.3, -0.25) is 9.89 Å². The molecule has 1 aliphatic heterocycles. The Balaban J connectivity index is 0.00000312. The molecule has 0 radical (unpaired) electrons. The normalized spacial score (nSPS) is 18.1. The topological polar surface area (TPSA) is 42.9 Å². The predicted molar refractivity (Wildman–Crippen MR) is 120 cm³/mol. The van der Waals surface area contributed by atoms with Gasteiger partial charge in [0.25, 0.3) is 0 Å². The van der Waals surface area contributed by atoms with Crippen LogP contribution in [0, 0.1) is 12.8 Å². The van der Waals surface area contributed by atoms with Crippen molar-refractivity contribution in [1.29, 1.82) is 0 Å². The van der Waals surface area contributed by atoms with Crippen molar-refractivity contribution in [3.8, 4) is 0 Å². The van der Waals surface area contributed by atoms with Gasteiger partial charge >= 0.3 is 0 Å². The molecule has 1 aliphatic rings. The molecule has 7 heteroatoms. The second-order valence-electron chi connectivity index (χ2n) is 6.98. The number of nitrogens with zero attached hydrogens (tertiary/aromatic N) is 3. The van der Waals surface area contributed by atoms with E-state index < -0.39 is 0 Å². The summed E-state index contributed by atoms with van der Waals surface area (Å²) in [4.78, 5) is 10.8. The minimum Gasteiger partial charge on any atom is -0.355 e. The maximum atomic E-state index is 4.38. The number of guanidine groups is 1. The average Bonchev–Trinajstić information content (AvgIpc) is 2.97. The molecule has 2 rings (SSSR count). The van der Waals surface area contributed by atoms with Gasteiger partial charge < -0.3 is 15.5 Å². The lowest BCUT2D eigenvalue weighted by molar-refractivity contribution is 0.0900. The second kappa shape index (κ2) is 11.4. The molecule has 2 heterocycles. The van der Waals surface area contributed by atoms with Gasteiger partial charge in [0.05, 0.1) is 6.54 Å². The molecule has 25 heavy (non-hydrogen) atoms. The largest absolute Gasteiger partial charge is 0.355 e. The Kier molecular flexibility index (Phi) is 10.3. The molecule has 1 aromatic heterocycles. The lowest BCUT2D eigenvalue weighted by atomic mass is 10.0. The number of rotatable bonds is 6. The smallest absolute Gasteiger partial charge is 0.191 e. The van der Waals surface area contributed by atoms with E-state index in [4.69, 9.17) is 0 Å². The van der Waals surface area contributed by atoms with Crippen molar-refractivity contribution in [3.63, 3.8) is 0 Å². The number of likely N-dealkylation sites (N-methyl/N-ethyl adjacent to an activating group) is 1. The van der Waals surface area contributed by atoms with Gasteiger partial charge in [0.15, 0.2) is 5.96 Å². The van der Waals surface area contributed by atoms with E-state index in [0.29, 0.717) is 12.0 Å². The number of hydrogen-bond donors (Lipinski definition) is 2. The molecule has 5 nitrogen and oxygen atoms in total. The van der Waals surface area contributed by atoms with Gasteiger partial charge in [-0.15, -0.1) is 35.3 Å². The third-order valence-corrected chi connectivity index (χ3v) is 5.89. The first-order valence-corrected chi connectivity index (χ1v) is 9.79. The molecule has 0 spiro atoms. The predicted octanol–water partition coefficient (Wildman–Crippen LogP) is 2.61. The number of hydrogen-bond acceptors (Lipinski definition) is 4. The number of halogens is 1. The fourth-order valence-corrected chi connectivity index (χ4v) is 3.96. The molecular weight excluding hydrogens is 445 g/mol. The maximum Gasteiger partial charge on any atom is 0.191 e. The number of aliphatic imine (C=N–C) groups is 1. The molecule has 0 aliphatic carbocycles. The molecule has 0 amide bonds. The average molecular weight is 479 g/mol. The number of aryl methyl sites for hydroxylation is 1. The van der Waals surface area contributed by atoms with Crippen LogP contribution in [0.1, 0.15) is 24.3 Å². The van der Waals surface area contributed by atoms with Crippen molar-refractivity contribution in [1.82, 2.24) is 20.4 Å². The lowest BCUT2D eigenvalue weighted by Crippen LogP contribution is -2.55. The van der Waals surface area contributed by atoms with E-state index >= 15 is 0 Å². The van der Waals surface area contributed by atoms with Crippen molar-refractivity contribution in [2.24, 2.45) is 10.9 Å². The first kappa shape index (κ1) is 22.7. The van der Waals surface area contributed by atoms with E-state index in [0.717, 1.165) is 45.2 Å². The van der Waals surface area contributed by atoms with Crippen LogP contribution in [0.3, 0.4) is 0 Å². The molecule has 1 saturated heterocycles. The van der Waals surface area contributed by atoms with Gasteiger partial charge in [-0.25, -0.2) is 0 Å². The number of piperazine rings is 1. The molecule has 0 aromatic carbocycles. The summed E-state index contributed by atoms with van der Waals surface area (Å²) in [7, 11) is 4.05. The SMILES string of the molecule is CN=C(NCc1sccc1C)NCC(C(C)C)N1CCN(C)CC1.I. The highest BCUT2D eigenvalue weighted by Crippen LogP contribution is 2.15. The number of thiophene rings is 1. The van der Waals surface area contributed by atoms with Gasteiger partial charge in [0.2, 0.25) is 0 Å². The minimum atomic E-state index is 0. The van der Waals surface area contributed by atoms with Crippen molar-refractivity contribution in [2.45, 2.75) is 33.4 Å². The first-order chi connectivity index (χ1) is 11.5. The van der Waals surface area contributed by atoms with E-state index in [1.807, 2.05) is 7.05 Å². The zero-order chi connectivity index (χ0) is 17.5. The van der Waals surface area contributed by atoms with E-state index in [2.05, 4.69) is 64.7 Å². The summed E-state index contributed by atoms with van der Waals surface area (Å²) >= 11 is 1.80. The highest BCUT2D eigenvalue weighted by Gasteiger charge is 2.25. The van der Waals surface area contributed by atoms with Crippen LogP contribution in [-0.2, 0) is 6.54 Å². The van der Waals surface area contributed by atoms with Crippen LogP contribution in [0.4, 0.5) is 0 Å². The van der Waals surface area contributed by atoms with Crippen LogP contribution < -0.4 is 10.6 Å². The number of nitrogens with one attached hydrogen (secondary N) is 2. The van der Waals surface area contributed by atoms with Gasteiger partial charge in [0.1, 0.15) is 0 Å². The van der Waals surface area contributed by atoms with Crippen LogP contribution in [-0.4, -0.2) is 68.6 Å². The van der Waals surface area contributed by atoms with Crippen LogP contribution >= 0.6 is 35.3 Å². The van der Waals surface area contributed by atoms with Gasteiger partial charge in [-0.2, -0.15) is 0 Å². The molecular formula is C18H34IN5S. The van der Waals surface area contributed by atoms with Crippen LogP contribution in [0.5, 0.6) is 0 Å². The van der Waals surface area contributed by atoms with E-state index in [-0.39, 0.29) is 24.0 Å². The third-order valence-electron chi connectivity index (χ3n) is 4.86. The summed E-state index contributed by atoms with van der Waals surface area (Å²) in [5.41, 5.74) is 1.35. The first-order valence-electron chi connectivity index (χ1n) is 8.91. The Morgan fingerprint density at radius 2 is 1.92 bits per heavy atom. The van der Waals surface area contributed by atoms with E-state index in [9.17, 15) is 0 Å². The summed E-state index contributed by atoms with van der Waals surface area (Å²) in [6.45, 7) is 13.2. The highest BCUT2D eigenvalue weighted by molar-refractivity contribution is 14.0. The molecule has 1 fully saturated rings. The van der Waals surface area contributed by atoms with Crippen molar-refractivity contribution in [3.05, 3.63) is 21.9 Å².